The van der Waals surface area contributed by atoms with Gasteiger partial charge in [-0.15, -0.1) is 5.75 Å². The van der Waals surface area contributed by atoms with Crippen LogP contribution in [0.15, 0.2) is 36.4 Å². The van der Waals surface area contributed by atoms with Gasteiger partial charge in [-0.2, -0.15) is 0 Å². The summed E-state index contributed by atoms with van der Waals surface area (Å²) in [7, 11) is 0. The van der Waals surface area contributed by atoms with E-state index in [2.05, 4.69) is 18.0 Å². The molecule has 5 N–H and O–H groups in total. The van der Waals surface area contributed by atoms with Crippen molar-refractivity contribution in [3.05, 3.63) is 42.1 Å². The van der Waals surface area contributed by atoms with Gasteiger partial charge in [0.15, 0.2) is 0 Å². The highest BCUT2D eigenvalue weighted by atomic mass is 16.4. The zero-order chi connectivity index (χ0) is 31.5. The summed E-state index contributed by atoms with van der Waals surface area (Å²) >= 11 is 0. The number of hydrogen-bond donors (Lipinski definition) is 5. The molecule has 2 fully saturated rings. The van der Waals surface area contributed by atoms with Crippen LogP contribution in [0.4, 0.5) is 0 Å². The van der Waals surface area contributed by atoms with Crippen molar-refractivity contribution in [2.75, 3.05) is 0 Å². The van der Waals surface area contributed by atoms with Gasteiger partial charge in [0.05, 0.1) is 23.7 Å². The quantitative estimate of drug-likeness (QED) is 0.134. The molecule has 1 aromatic heterocycles. The van der Waals surface area contributed by atoms with Crippen molar-refractivity contribution < 1.29 is 30.3 Å². The van der Waals surface area contributed by atoms with E-state index in [0.717, 1.165) is 81.2 Å². The van der Waals surface area contributed by atoms with Crippen LogP contribution >= 0.6 is 0 Å². The van der Waals surface area contributed by atoms with Crippen molar-refractivity contribution in [3.8, 4) is 17.0 Å². The van der Waals surface area contributed by atoms with Crippen LogP contribution in [0.5, 0.6) is 5.75 Å². The van der Waals surface area contributed by atoms with Gasteiger partial charge in [0.2, 0.25) is 0 Å². The number of H-pyrrole nitrogens is 1. The van der Waals surface area contributed by atoms with E-state index >= 15 is 0 Å². The van der Waals surface area contributed by atoms with E-state index < -0.39 is 23.6 Å². The van der Waals surface area contributed by atoms with Crippen molar-refractivity contribution in [3.63, 3.8) is 0 Å². The number of carboxylic acids is 1. The van der Waals surface area contributed by atoms with Gasteiger partial charge in [-0.1, -0.05) is 89.0 Å². The molecule has 2 aliphatic carbocycles. The van der Waals surface area contributed by atoms with Crippen LogP contribution in [0, 0.1) is 17.8 Å². The number of aromatic amines is 1. The third kappa shape index (κ3) is 9.34. The van der Waals surface area contributed by atoms with Gasteiger partial charge in [-0.25, -0.2) is 0 Å². The molecule has 7 heteroatoms. The molecular weight excluding hydrogens is 554 g/mol. The summed E-state index contributed by atoms with van der Waals surface area (Å²) in [6, 6.07) is 10.9. The van der Waals surface area contributed by atoms with Crippen LogP contribution in [0.3, 0.4) is 0 Å². The van der Waals surface area contributed by atoms with Gasteiger partial charge in [0.25, 0.3) is 0 Å². The molecule has 2 aromatic rings. The molecule has 0 unspecified atom stereocenters. The number of aliphatic hydroxyl groups is 3. The summed E-state index contributed by atoms with van der Waals surface area (Å²) in [5.74, 6) is -1.95. The number of unbranched alkanes of at least 4 members (excludes halogenated alkanes) is 6. The summed E-state index contributed by atoms with van der Waals surface area (Å²) in [5.41, 5.74) is 1.80. The first-order chi connectivity index (χ1) is 21.2. The maximum Gasteiger partial charge on any atom is 0.309 e. The van der Waals surface area contributed by atoms with Crippen molar-refractivity contribution in [2.45, 2.75) is 146 Å². The lowest BCUT2D eigenvalue weighted by Gasteiger charge is -2.39. The minimum absolute atomic E-state index is 0.0255. The van der Waals surface area contributed by atoms with E-state index in [-0.39, 0.29) is 36.0 Å². The predicted octanol–water partition coefficient (Wildman–Crippen LogP) is 7.29. The SMILES string of the molecule is CCCCCCC[C@H](O)CCCCC[C@H]1CC[C@H](c2ccc(-c3cccc([O-])c3)[nH]2)[C@@H]2CCC[C@@]2(O)CC[C@@H](O)[C@H]1C(=O)O. The number of aliphatic hydroxyl groups excluding tert-OH is 2. The molecule has 0 saturated heterocycles. The molecule has 246 valence electrons. The van der Waals surface area contributed by atoms with E-state index in [1.165, 1.54) is 25.7 Å². The Labute approximate surface area is 264 Å². The summed E-state index contributed by atoms with van der Waals surface area (Å²) in [5, 5.41) is 55.6. The molecule has 2 aliphatic rings. The van der Waals surface area contributed by atoms with Crippen LogP contribution in [0.25, 0.3) is 11.3 Å². The number of aromatic nitrogens is 1. The van der Waals surface area contributed by atoms with Crippen molar-refractivity contribution in [2.24, 2.45) is 17.8 Å². The highest BCUT2D eigenvalue weighted by molar-refractivity contribution is 5.71. The molecule has 1 heterocycles. The largest absolute Gasteiger partial charge is 0.872 e. The molecule has 4 rings (SSSR count). The van der Waals surface area contributed by atoms with Gasteiger partial charge in [0.1, 0.15) is 0 Å². The minimum atomic E-state index is -0.981. The normalized spacial score (nSPS) is 28.4. The Morgan fingerprint density at radius 3 is 2.45 bits per heavy atom. The lowest BCUT2D eigenvalue weighted by atomic mass is 9.69. The molecule has 0 bridgehead atoms. The molecule has 7 nitrogen and oxygen atoms in total. The predicted molar refractivity (Wildman–Crippen MR) is 172 cm³/mol. The fourth-order valence-corrected chi connectivity index (χ4v) is 8.25. The number of benzene rings is 1. The molecule has 1 aromatic carbocycles. The Kier molecular flexibility index (Phi) is 13.2. The topological polar surface area (TPSA) is 137 Å². The Morgan fingerprint density at radius 2 is 1.73 bits per heavy atom. The molecule has 7 atom stereocenters. The summed E-state index contributed by atoms with van der Waals surface area (Å²) < 4.78 is 0. The lowest BCUT2D eigenvalue weighted by molar-refractivity contribution is -0.268. The van der Waals surface area contributed by atoms with Crippen LogP contribution < -0.4 is 5.11 Å². The Bertz CT molecular complexity index is 1150. The summed E-state index contributed by atoms with van der Waals surface area (Å²) in [4.78, 5) is 16.1. The van der Waals surface area contributed by atoms with Gasteiger partial charge in [-0.05, 0) is 87.3 Å². The van der Waals surface area contributed by atoms with Gasteiger partial charge in [-0.3, -0.25) is 4.79 Å². The highest BCUT2D eigenvalue weighted by Gasteiger charge is 2.48. The third-order valence-corrected chi connectivity index (χ3v) is 10.7. The second kappa shape index (κ2) is 16.8. The van der Waals surface area contributed by atoms with E-state index in [1.54, 1.807) is 18.2 Å². The van der Waals surface area contributed by atoms with Crippen LogP contribution in [0.1, 0.15) is 134 Å². The second-order valence-corrected chi connectivity index (χ2v) is 13.9. The number of nitrogens with one attached hydrogen (secondary N) is 1. The average molecular weight is 611 g/mol. The molecule has 0 amide bonds. The fourth-order valence-electron chi connectivity index (χ4n) is 8.25. The number of rotatable bonds is 15. The molecule has 0 radical (unpaired) electrons. The fraction of sp³-hybridized carbons (Fsp3) is 0.703. The van der Waals surface area contributed by atoms with Crippen LogP contribution in [-0.2, 0) is 4.79 Å². The zero-order valence-corrected chi connectivity index (χ0v) is 26.8. The zero-order valence-electron chi connectivity index (χ0n) is 26.8. The number of carbonyl (C=O) groups is 1. The number of hydrogen-bond acceptors (Lipinski definition) is 5. The second-order valence-electron chi connectivity index (χ2n) is 13.9. The maximum atomic E-state index is 12.5. The Morgan fingerprint density at radius 1 is 0.977 bits per heavy atom. The first-order valence-electron chi connectivity index (χ1n) is 17.5. The van der Waals surface area contributed by atoms with E-state index in [4.69, 9.17) is 0 Å². The van der Waals surface area contributed by atoms with Gasteiger partial charge < -0.3 is 30.5 Å². The third-order valence-electron chi connectivity index (χ3n) is 10.7. The molecule has 2 saturated carbocycles. The minimum Gasteiger partial charge on any atom is -0.872 e. The van der Waals surface area contributed by atoms with E-state index in [0.29, 0.717) is 19.3 Å². The van der Waals surface area contributed by atoms with Gasteiger partial charge in [0, 0.05) is 17.3 Å². The molecule has 0 aliphatic heterocycles. The summed E-state index contributed by atoms with van der Waals surface area (Å²) in [6.45, 7) is 2.20. The van der Waals surface area contributed by atoms with Crippen molar-refractivity contribution in [1.29, 1.82) is 0 Å². The van der Waals surface area contributed by atoms with Crippen molar-refractivity contribution in [1.82, 2.24) is 4.98 Å². The van der Waals surface area contributed by atoms with Crippen LogP contribution in [-0.4, -0.2) is 49.2 Å². The average Bonchev–Trinajstić information content (AvgIpc) is 3.63. The first kappa shape index (κ1) is 34.5. The van der Waals surface area contributed by atoms with Crippen LogP contribution in [0.2, 0.25) is 0 Å². The monoisotopic (exact) mass is 610 g/mol. The maximum absolute atomic E-state index is 12.5. The van der Waals surface area contributed by atoms with Crippen molar-refractivity contribution >= 4 is 5.97 Å². The Hall–Kier alpha value is -2.35. The first-order valence-corrected chi connectivity index (χ1v) is 17.5. The standard InChI is InChI=1S/C37H57NO6/c1-2-3-4-5-8-14-28(39)15-9-6-7-12-26-18-19-30(33-21-20-32(38-33)27-13-10-16-29(40)25-27)31-17-11-23-37(31,44)24-22-34(41)35(26)36(42)43/h10,13,16,20-21,25-26,28,30-31,34-35,38-41,44H,2-9,11-12,14-15,17-19,22-24H2,1H3,(H,42,43)/p-1/t26-,28-,30-,31-,34+,35-,37+/m0/s1. The smallest absolute Gasteiger partial charge is 0.309 e. The highest BCUT2D eigenvalue weighted by Crippen LogP contribution is 2.50. The molecular formula is C37H56NO6-. The molecule has 0 spiro atoms. The number of fused-ring (bicyclic) bond motifs is 1. The van der Waals surface area contributed by atoms with E-state index in [1.807, 2.05) is 12.1 Å². The van der Waals surface area contributed by atoms with E-state index in [9.17, 15) is 30.3 Å². The summed E-state index contributed by atoms with van der Waals surface area (Å²) in [6.07, 6.45) is 14.4. The molecule has 44 heavy (non-hydrogen) atoms. The lowest BCUT2D eigenvalue weighted by Crippen LogP contribution is -2.42. The van der Waals surface area contributed by atoms with Gasteiger partial charge >= 0.3 is 5.97 Å². The number of aliphatic carboxylic acids is 1. The number of carboxylic acid groups (broad SMARTS) is 1. The Balaban J connectivity index is 1.43.